The van der Waals surface area contributed by atoms with E-state index >= 15 is 0 Å². The van der Waals surface area contributed by atoms with Gasteiger partial charge in [-0.25, -0.2) is 4.98 Å². The normalized spacial score (nSPS) is 36.6. The zero-order valence-corrected chi connectivity index (χ0v) is 23.3. The molecule has 2 saturated heterocycles. The van der Waals surface area contributed by atoms with Crippen molar-refractivity contribution in [2.45, 2.75) is 104 Å². The molecule has 2 fully saturated rings. The number of carbonyl (C=O) groups is 2. The predicted molar refractivity (Wildman–Crippen MR) is 138 cm³/mol. The van der Waals surface area contributed by atoms with Crippen molar-refractivity contribution in [2.75, 3.05) is 7.11 Å². The summed E-state index contributed by atoms with van der Waals surface area (Å²) in [5.74, 6) is -1.60. The van der Waals surface area contributed by atoms with Gasteiger partial charge in [0, 0.05) is 17.7 Å². The minimum Gasteiger partial charge on any atom is -0.473 e. The second-order valence-electron chi connectivity index (χ2n) is 11.2. The molecule has 3 heterocycles. The minimum atomic E-state index is -1.24. The quantitative estimate of drug-likeness (QED) is 0.448. The molecule has 0 bridgehead atoms. The van der Waals surface area contributed by atoms with Crippen molar-refractivity contribution in [3.63, 3.8) is 0 Å². The summed E-state index contributed by atoms with van der Waals surface area (Å²) in [5, 5.41) is 24.1. The number of ketones is 1. The Morgan fingerprint density at radius 2 is 1.94 bits per heavy atom. The lowest BCUT2D eigenvalue weighted by atomic mass is 9.73. The highest BCUT2D eigenvalue weighted by Gasteiger charge is 2.53. The van der Waals surface area contributed by atoms with Crippen LogP contribution in [0.1, 0.15) is 79.3 Å². The molecule has 0 radical (unpaired) electrons. The number of aromatic nitrogens is 1. The summed E-state index contributed by atoms with van der Waals surface area (Å²) in [5.41, 5.74) is -0.0125. The molecule has 0 spiro atoms. The highest BCUT2D eigenvalue weighted by Crippen LogP contribution is 2.45. The van der Waals surface area contributed by atoms with Crippen LogP contribution in [0, 0.1) is 17.3 Å². The van der Waals surface area contributed by atoms with Crippen LogP contribution < -0.4 is 4.74 Å². The van der Waals surface area contributed by atoms with E-state index in [2.05, 4.69) is 11.9 Å². The Morgan fingerprint density at radius 3 is 2.58 bits per heavy atom. The summed E-state index contributed by atoms with van der Waals surface area (Å²) in [6.45, 7) is 10.8. The number of methoxy groups -OCH3 is 1. The number of carbonyl (C=O) groups excluding carboxylic acids is 2. The number of ether oxygens (including phenoxy) is 3. The number of hydrogen-bond donors (Lipinski definition) is 2. The standard InChI is InChI=1S/C27H41NO7S/c1-15-9-8-10-27(6)21(35-27)12-19(16(2)11-18-14-36-25(28-18)33-7)34-22(30)13-20(29)26(4,5)24(32)17(3)23(15)31/h11,14-15,17,19-21,23,29,31H,8-10,12-13H2,1-7H3/b16-11+/t15-,17+,19-,20-,21-,23-,27+/m0/s1. The van der Waals surface area contributed by atoms with Gasteiger partial charge in [-0.1, -0.05) is 45.5 Å². The highest BCUT2D eigenvalue weighted by atomic mass is 32.1. The number of rotatable bonds is 3. The Hall–Kier alpha value is -1.81. The van der Waals surface area contributed by atoms with E-state index in [-0.39, 0.29) is 29.8 Å². The highest BCUT2D eigenvalue weighted by molar-refractivity contribution is 7.11. The van der Waals surface area contributed by atoms with Crippen LogP contribution in [0.2, 0.25) is 0 Å². The molecule has 1 aromatic rings. The first-order valence-corrected chi connectivity index (χ1v) is 13.6. The molecule has 0 aromatic carbocycles. The van der Waals surface area contributed by atoms with Crippen molar-refractivity contribution < 1.29 is 34.0 Å². The number of cyclic esters (lactones) is 1. The SMILES string of the molecule is COc1nc(/C=C(\C)[C@@H]2C[C@@H]3O[C@]3(C)CCC[C@H](C)[C@H](O)[C@@H](C)C(=O)C(C)(C)[C@@H](O)CC(=O)O2)cs1. The van der Waals surface area contributed by atoms with Crippen molar-refractivity contribution in [3.8, 4) is 5.19 Å². The predicted octanol–water partition coefficient (Wildman–Crippen LogP) is 4.18. The summed E-state index contributed by atoms with van der Waals surface area (Å²) in [4.78, 5) is 30.6. The number of fused-ring (bicyclic) bond motifs is 1. The van der Waals surface area contributed by atoms with Crippen LogP contribution in [0.15, 0.2) is 11.0 Å². The molecule has 202 valence electrons. The maximum Gasteiger partial charge on any atom is 0.309 e. The number of nitrogens with zero attached hydrogens (tertiary/aromatic N) is 1. The zero-order valence-electron chi connectivity index (χ0n) is 22.4. The van der Waals surface area contributed by atoms with Crippen LogP contribution in [0.25, 0.3) is 6.08 Å². The van der Waals surface area contributed by atoms with E-state index in [1.165, 1.54) is 11.3 Å². The van der Waals surface area contributed by atoms with Crippen LogP contribution in [0.5, 0.6) is 5.19 Å². The summed E-state index contributed by atoms with van der Waals surface area (Å²) in [7, 11) is 1.56. The molecular weight excluding hydrogens is 482 g/mol. The first kappa shape index (κ1) is 28.8. The molecule has 8 nitrogen and oxygen atoms in total. The summed E-state index contributed by atoms with van der Waals surface area (Å²) < 4.78 is 17.1. The van der Waals surface area contributed by atoms with E-state index in [0.717, 1.165) is 24.8 Å². The van der Waals surface area contributed by atoms with Gasteiger partial charge in [0.2, 0.25) is 0 Å². The van der Waals surface area contributed by atoms with Crippen molar-refractivity contribution in [2.24, 2.45) is 17.3 Å². The number of Topliss-reactive ketones (excluding diaryl/α,β-unsaturated/α-hetero) is 1. The lowest BCUT2D eigenvalue weighted by Crippen LogP contribution is -2.45. The molecule has 0 amide bonds. The summed E-state index contributed by atoms with van der Waals surface area (Å²) in [6, 6.07) is 0. The number of aliphatic hydroxyl groups is 2. The molecule has 0 unspecified atom stereocenters. The van der Waals surface area contributed by atoms with Gasteiger partial charge in [0.25, 0.3) is 5.19 Å². The molecule has 7 atom stereocenters. The molecule has 2 N–H and O–H groups in total. The Labute approximate surface area is 218 Å². The van der Waals surface area contributed by atoms with E-state index in [1.54, 1.807) is 27.9 Å². The first-order chi connectivity index (χ1) is 16.8. The van der Waals surface area contributed by atoms with Gasteiger partial charge in [-0.15, -0.1) is 0 Å². The van der Waals surface area contributed by atoms with E-state index in [0.29, 0.717) is 17.3 Å². The third kappa shape index (κ3) is 6.54. The molecule has 9 heteroatoms. The van der Waals surface area contributed by atoms with Gasteiger partial charge < -0.3 is 24.4 Å². The van der Waals surface area contributed by atoms with Crippen molar-refractivity contribution >= 4 is 29.2 Å². The van der Waals surface area contributed by atoms with Gasteiger partial charge in [-0.05, 0) is 44.3 Å². The number of hydrogen-bond acceptors (Lipinski definition) is 9. The van der Waals surface area contributed by atoms with Crippen molar-refractivity contribution in [1.82, 2.24) is 4.98 Å². The average molecular weight is 524 g/mol. The van der Waals surface area contributed by atoms with Gasteiger partial charge in [-0.3, -0.25) is 9.59 Å². The Morgan fingerprint density at radius 1 is 1.25 bits per heavy atom. The number of thiazole rings is 1. The van der Waals surface area contributed by atoms with Gasteiger partial charge in [-0.2, -0.15) is 0 Å². The fraction of sp³-hybridized carbons (Fsp3) is 0.741. The van der Waals surface area contributed by atoms with Gasteiger partial charge >= 0.3 is 5.97 Å². The molecule has 0 saturated carbocycles. The molecule has 36 heavy (non-hydrogen) atoms. The van der Waals surface area contributed by atoms with Gasteiger partial charge in [0.15, 0.2) is 0 Å². The molecule has 3 rings (SSSR count). The molecule has 1 aromatic heterocycles. The maximum absolute atomic E-state index is 13.2. The van der Waals surface area contributed by atoms with Crippen LogP contribution in [0.4, 0.5) is 0 Å². The topological polar surface area (TPSA) is 118 Å². The third-order valence-corrected chi connectivity index (χ3v) is 8.78. The summed E-state index contributed by atoms with van der Waals surface area (Å²) >= 11 is 1.38. The minimum absolute atomic E-state index is 0.0707. The van der Waals surface area contributed by atoms with Crippen molar-refractivity contribution in [1.29, 1.82) is 0 Å². The molecule has 0 aliphatic carbocycles. The second-order valence-corrected chi connectivity index (χ2v) is 12.0. The van der Waals surface area contributed by atoms with E-state index in [9.17, 15) is 19.8 Å². The van der Waals surface area contributed by atoms with E-state index in [1.807, 2.05) is 25.3 Å². The van der Waals surface area contributed by atoms with Crippen LogP contribution in [0.3, 0.4) is 0 Å². The van der Waals surface area contributed by atoms with Gasteiger partial charge in [0.1, 0.15) is 11.9 Å². The smallest absolute Gasteiger partial charge is 0.309 e. The summed E-state index contributed by atoms with van der Waals surface area (Å²) in [6.07, 6.45) is 1.74. The monoisotopic (exact) mass is 523 g/mol. The molecule has 2 aliphatic heterocycles. The Kier molecular flexibility index (Phi) is 9.02. The fourth-order valence-electron chi connectivity index (χ4n) is 5.05. The van der Waals surface area contributed by atoms with Gasteiger partial charge in [0.05, 0.1) is 48.6 Å². The van der Waals surface area contributed by atoms with E-state index < -0.39 is 35.6 Å². The maximum atomic E-state index is 13.2. The lowest BCUT2D eigenvalue weighted by Gasteiger charge is -2.34. The fourth-order valence-corrected chi connectivity index (χ4v) is 5.65. The van der Waals surface area contributed by atoms with Crippen molar-refractivity contribution in [3.05, 3.63) is 16.6 Å². The van der Waals surface area contributed by atoms with Crippen LogP contribution >= 0.6 is 11.3 Å². The first-order valence-electron chi connectivity index (χ1n) is 12.7. The molecule has 2 aliphatic rings. The molecular formula is C27H41NO7S. The van der Waals surface area contributed by atoms with Crippen LogP contribution in [-0.4, -0.2) is 64.1 Å². The Balaban J connectivity index is 1.85. The second kappa shape index (κ2) is 11.3. The number of esters is 1. The van der Waals surface area contributed by atoms with Crippen LogP contribution in [-0.2, 0) is 19.1 Å². The Bertz CT molecular complexity index is 973. The number of aliphatic hydroxyl groups excluding tert-OH is 2. The lowest BCUT2D eigenvalue weighted by molar-refractivity contribution is -0.154. The van der Waals surface area contributed by atoms with E-state index in [4.69, 9.17) is 14.2 Å². The third-order valence-electron chi connectivity index (χ3n) is 7.97. The zero-order chi connectivity index (χ0) is 26.8. The number of epoxide rings is 1. The largest absolute Gasteiger partial charge is 0.473 e. The average Bonchev–Trinajstić information content (AvgIpc) is 3.23.